The Labute approximate surface area is 143 Å². The zero-order chi connectivity index (χ0) is 15.5. The molecule has 0 radical (unpaired) electrons. The number of hydrogen-bond acceptors (Lipinski definition) is 4. The fourth-order valence-electron chi connectivity index (χ4n) is 2.58. The molecule has 0 fully saturated rings. The molecule has 2 aromatic rings. The molecule has 2 nitrogen and oxygen atoms in total. The Balaban J connectivity index is 1.60. The lowest BCUT2D eigenvalue weighted by atomic mass is 10.1. The van der Waals surface area contributed by atoms with Gasteiger partial charge < -0.3 is 4.84 Å². The van der Waals surface area contributed by atoms with Crippen molar-refractivity contribution in [2.45, 2.75) is 17.7 Å². The van der Waals surface area contributed by atoms with Crippen molar-refractivity contribution >= 4 is 27.8 Å². The van der Waals surface area contributed by atoms with E-state index in [4.69, 9.17) is 4.84 Å². The number of para-hydroxylation sites is 1. The Morgan fingerprint density at radius 3 is 2.57 bits per heavy atom. The lowest BCUT2D eigenvalue weighted by Crippen LogP contribution is -1.98. The SMILES string of the molecule is C1=NOc2ccccc2CC=C1C1=CCc2ccccc2SS1. The van der Waals surface area contributed by atoms with Gasteiger partial charge in [0.05, 0.1) is 6.21 Å². The third-order valence-electron chi connectivity index (χ3n) is 3.84. The Morgan fingerprint density at radius 1 is 0.826 bits per heavy atom. The zero-order valence-corrected chi connectivity index (χ0v) is 14.1. The van der Waals surface area contributed by atoms with Gasteiger partial charge in [-0.2, -0.15) is 0 Å². The van der Waals surface area contributed by atoms with Crippen LogP contribution in [0.25, 0.3) is 0 Å². The highest BCUT2D eigenvalue weighted by Gasteiger charge is 2.14. The number of allylic oxidation sites excluding steroid dienone is 3. The standard InChI is InChI=1S/C19H15NOS2/c1-3-7-17-14(5-1)9-10-16(13-20-21-17)19-12-11-15-6-2-4-8-18(15)22-23-19/h1-8,10,12-13H,9,11H2. The largest absolute Gasteiger partial charge is 0.357 e. The predicted molar refractivity (Wildman–Crippen MR) is 99.0 cm³/mol. The normalized spacial score (nSPS) is 16.7. The van der Waals surface area contributed by atoms with Crippen LogP contribution in [0, 0.1) is 0 Å². The molecule has 4 rings (SSSR count). The first-order valence-corrected chi connectivity index (χ1v) is 9.66. The summed E-state index contributed by atoms with van der Waals surface area (Å²) in [6.07, 6.45) is 8.15. The number of rotatable bonds is 1. The Morgan fingerprint density at radius 2 is 1.61 bits per heavy atom. The molecule has 0 unspecified atom stereocenters. The van der Waals surface area contributed by atoms with E-state index in [1.165, 1.54) is 15.4 Å². The van der Waals surface area contributed by atoms with Gasteiger partial charge in [0, 0.05) is 20.9 Å². The van der Waals surface area contributed by atoms with Crippen molar-refractivity contribution in [2.24, 2.45) is 5.16 Å². The summed E-state index contributed by atoms with van der Waals surface area (Å²) in [6, 6.07) is 16.6. The molecule has 0 N–H and O–H groups in total. The van der Waals surface area contributed by atoms with Gasteiger partial charge >= 0.3 is 0 Å². The molecule has 2 aliphatic heterocycles. The smallest absolute Gasteiger partial charge is 0.161 e. The number of benzene rings is 2. The number of fused-ring (bicyclic) bond motifs is 2. The van der Waals surface area contributed by atoms with Gasteiger partial charge in [0.1, 0.15) is 0 Å². The van der Waals surface area contributed by atoms with E-state index in [1.807, 2.05) is 35.2 Å². The second-order valence-electron chi connectivity index (χ2n) is 5.34. The van der Waals surface area contributed by atoms with Crippen molar-refractivity contribution in [2.75, 3.05) is 0 Å². The summed E-state index contributed by atoms with van der Waals surface area (Å²) < 4.78 is 0. The second-order valence-corrected chi connectivity index (χ2v) is 7.56. The van der Waals surface area contributed by atoms with E-state index in [9.17, 15) is 0 Å². The molecule has 0 bridgehead atoms. The van der Waals surface area contributed by atoms with Crippen LogP contribution in [-0.4, -0.2) is 6.21 Å². The van der Waals surface area contributed by atoms with Gasteiger partial charge in [-0.25, -0.2) is 0 Å². The van der Waals surface area contributed by atoms with Crippen LogP contribution >= 0.6 is 21.6 Å². The van der Waals surface area contributed by atoms with Gasteiger partial charge in [-0.05, 0) is 30.5 Å². The van der Waals surface area contributed by atoms with Crippen molar-refractivity contribution in [1.29, 1.82) is 0 Å². The van der Waals surface area contributed by atoms with Crippen LogP contribution in [0.5, 0.6) is 5.75 Å². The fourth-order valence-corrected chi connectivity index (χ4v) is 5.06. The zero-order valence-electron chi connectivity index (χ0n) is 12.4. The molecule has 0 atom stereocenters. The second kappa shape index (κ2) is 6.69. The third-order valence-corrected chi connectivity index (χ3v) is 6.41. The van der Waals surface area contributed by atoms with Gasteiger partial charge in [0.25, 0.3) is 0 Å². The van der Waals surface area contributed by atoms with Crippen molar-refractivity contribution in [3.05, 3.63) is 82.3 Å². The van der Waals surface area contributed by atoms with Gasteiger partial charge in [0.15, 0.2) is 5.75 Å². The molecule has 2 aromatic carbocycles. The summed E-state index contributed by atoms with van der Waals surface area (Å²) >= 11 is 0. The monoisotopic (exact) mass is 337 g/mol. The first-order chi connectivity index (χ1) is 11.4. The number of hydrogen-bond donors (Lipinski definition) is 0. The maximum Gasteiger partial charge on any atom is 0.161 e. The van der Waals surface area contributed by atoms with E-state index in [1.54, 1.807) is 10.8 Å². The van der Waals surface area contributed by atoms with Crippen LogP contribution in [0.15, 0.2) is 81.2 Å². The summed E-state index contributed by atoms with van der Waals surface area (Å²) in [5.74, 6) is 0.836. The Bertz CT molecular complexity index is 824. The minimum absolute atomic E-state index is 0.836. The van der Waals surface area contributed by atoms with Crippen LogP contribution in [0.4, 0.5) is 0 Å². The number of nitrogens with zero attached hydrogens (tertiary/aromatic N) is 1. The van der Waals surface area contributed by atoms with E-state index >= 15 is 0 Å². The quantitative estimate of drug-likeness (QED) is 0.649. The van der Waals surface area contributed by atoms with Gasteiger partial charge in [-0.15, -0.1) is 0 Å². The average Bonchev–Trinajstić information content (AvgIpc) is 2.79. The molecule has 23 heavy (non-hydrogen) atoms. The summed E-state index contributed by atoms with van der Waals surface area (Å²) in [7, 11) is 3.61. The lowest BCUT2D eigenvalue weighted by molar-refractivity contribution is 0.340. The van der Waals surface area contributed by atoms with Crippen LogP contribution in [0.2, 0.25) is 0 Å². The van der Waals surface area contributed by atoms with Gasteiger partial charge in [-0.1, -0.05) is 75.3 Å². The first-order valence-electron chi connectivity index (χ1n) is 7.51. The van der Waals surface area contributed by atoms with Crippen LogP contribution in [-0.2, 0) is 12.8 Å². The van der Waals surface area contributed by atoms with E-state index in [-0.39, 0.29) is 0 Å². The third kappa shape index (κ3) is 3.23. The minimum Gasteiger partial charge on any atom is -0.357 e. The number of oxime groups is 1. The molecule has 0 amide bonds. The lowest BCUT2D eigenvalue weighted by Gasteiger charge is -2.11. The minimum atomic E-state index is 0.836. The van der Waals surface area contributed by atoms with Crippen molar-refractivity contribution in [3.8, 4) is 5.75 Å². The summed E-state index contributed by atoms with van der Waals surface area (Å²) in [6.45, 7) is 0. The molecule has 0 aliphatic carbocycles. The topological polar surface area (TPSA) is 21.6 Å². The van der Waals surface area contributed by atoms with Gasteiger partial charge in [-0.3, -0.25) is 0 Å². The highest BCUT2D eigenvalue weighted by molar-refractivity contribution is 8.78. The first kappa shape index (κ1) is 14.7. The van der Waals surface area contributed by atoms with Crippen LogP contribution in [0.1, 0.15) is 11.1 Å². The molecular formula is C19H15NOS2. The molecule has 4 heteroatoms. The predicted octanol–water partition coefficient (Wildman–Crippen LogP) is 5.41. The highest BCUT2D eigenvalue weighted by atomic mass is 33.1. The Kier molecular flexibility index (Phi) is 4.26. The molecule has 0 saturated heterocycles. The average molecular weight is 337 g/mol. The molecule has 114 valence electrons. The van der Waals surface area contributed by atoms with Crippen molar-refractivity contribution < 1.29 is 4.84 Å². The van der Waals surface area contributed by atoms with Crippen LogP contribution < -0.4 is 4.84 Å². The molecule has 2 aliphatic rings. The van der Waals surface area contributed by atoms with Gasteiger partial charge in [0.2, 0.25) is 0 Å². The Hall–Kier alpha value is -1.91. The summed E-state index contributed by atoms with van der Waals surface area (Å²) in [5, 5.41) is 4.15. The molecular weight excluding hydrogens is 322 g/mol. The maximum atomic E-state index is 5.53. The van der Waals surface area contributed by atoms with Crippen molar-refractivity contribution in [3.63, 3.8) is 0 Å². The van der Waals surface area contributed by atoms with E-state index in [2.05, 4.69) is 47.6 Å². The van der Waals surface area contributed by atoms with E-state index < -0.39 is 0 Å². The molecule has 0 spiro atoms. The van der Waals surface area contributed by atoms with Crippen molar-refractivity contribution in [1.82, 2.24) is 0 Å². The van der Waals surface area contributed by atoms with E-state index in [0.29, 0.717) is 0 Å². The van der Waals surface area contributed by atoms with Crippen LogP contribution in [0.3, 0.4) is 0 Å². The highest BCUT2D eigenvalue weighted by Crippen LogP contribution is 2.44. The molecule has 0 aromatic heterocycles. The molecule has 0 saturated carbocycles. The van der Waals surface area contributed by atoms with E-state index in [0.717, 1.165) is 29.7 Å². The summed E-state index contributed by atoms with van der Waals surface area (Å²) in [4.78, 5) is 8.12. The fraction of sp³-hybridized carbons (Fsp3) is 0.105. The molecule has 2 heterocycles. The maximum absolute atomic E-state index is 5.53. The summed E-state index contributed by atoms with van der Waals surface area (Å²) in [5.41, 5.74) is 3.67.